The molecule has 8 heteroatoms. The molecule has 94 valence electrons. The molecule has 0 atom stereocenters. The van der Waals surface area contributed by atoms with Crippen molar-refractivity contribution in [3.63, 3.8) is 0 Å². The molecule has 0 aromatic carbocycles. The molecule has 1 N–H and O–H groups in total. The third-order valence-electron chi connectivity index (χ3n) is 2.48. The minimum Gasteiger partial charge on any atom is -0.360 e. The molecule has 1 aromatic heterocycles. The number of rotatable bonds is 5. The van der Waals surface area contributed by atoms with Crippen LogP contribution in [0.1, 0.15) is 0 Å². The minimum atomic E-state index is -0.412. The summed E-state index contributed by atoms with van der Waals surface area (Å²) in [7, 11) is 0. The number of hydrogen-bond acceptors (Lipinski definition) is 7. The molecule has 1 saturated heterocycles. The third kappa shape index (κ3) is 3.83. The lowest BCUT2D eigenvalue weighted by atomic mass is 10.4. The molecule has 0 amide bonds. The Balaban J connectivity index is 1.71. The van der Waals surface area contributed by atoms with E-state index < -0.39 is 4.92 Å². The standard InChI is InChI=1S/C9H14N4O2S2/c14-13(15)8-7-11-9(17-8)10-1-2-12-3-5-16-6-4-12/h7H,1-6H2,(H,10,11). The van der Waals surface area contributed by atoms with Crippen LogP contribution in [-0.2, 0) is 0 Å². The highest BCUT2D eigenvalue weighted by molar-refractivity contribution is 7.99. The maximum atomic E-state index is 10.5. The zero-order chi connectivity index (χ0) is 12.1. The second-order valence-electron chi connectivity index (χ2n) is 3.64. The van der Waals surface area contributed by atoms with E-state index in [2.05, 4.69) is 15.2 Å². The van der Waals surface area contributed by atoms with Gasteiger partial charge in [0.2, 0.25) is 0 Å². The second-order valence-corrected chi connectivity index (χ2v) is 5.88. The fourth-order valence-corrected chi connectivity index (χ4v) is 3.21. The summed E-state index contributed by atoms with van der Waals surface area (Å²) in [6, 6.07) is 0. The SMILES string of the molecule is O=[N+]([O-])c1cnc(NCCN2CCSCC2)s1. The topological polar surface area (TPSA) is 71.3 Å². The lowest BCUT2D eigenvalue weighted by molar-refractivity contribution is -0.380. The van der Waals surface area contributed by atoms with Gasteiger partial charge in [0.15, 0.2) is 5.13 Å². The molecule has 1 fully saturated rings. The lowest BCUT2D eigenvalue weighted by Gasteiger charge is -2.25. The van der Waals surface area contributed by atoms with Crippen LogP contribution in [0.25, 0.3) is 0 Å². The van der Waals surface area contributed by atoms with Crippen molar-refractivity contribution in [2.24, 2.45) is 0 Å². The van der Waals surface area contributed by atoms with Crippen molar-refractivity contribution >= 4 is 33.2 Å². The van der Waals surface area contributed by atoms with E-state index in [1.165, 1.54) is 17.7 Å². The number of thiazole rings is 1. The zero-order valence-corrected chi connectivity index (χ0v) is 10.9. The van der Waals surface area contributed by atoms with Gasteiger partial charge in [0, 0.05) is 37.7 Å². The van der Waals surface area contributed by atoms with E-state index in [1.807, 2.05) is 11.8 Å². The highest BCUT2D eigenvalue weighted by Gasteiger charge is 2.12. The number of nitrogens with zero attached hydrogens (tertiary/aromatic N) is 3. The van der Waals surface area contributed by atoms with Gasteiger partial charge in [0.05, 0.1) is 4.92 Å². The number of aromatic nitrogens is 1. The van der Waals surface area contributed by atoms with Gasteiger partial charge < -0.3 is 5.32 Å². The smallest absolute Gasteiger partial charge is 0.345 e. The van der Waals surface area contributed by atoms with E-state index in [0.29, 0.717) is 5.13 Å². The molecule has 2 rings (SSSR count). The van der Waals surface area contributed by atoms with Crippen LogP contribution >= 0.6 is 23.1 Å². The molecule has 0 radical (unpaired) electrons. The van der Waals surface area contributed by atoms with Crippen molar-refractivity contribution in [1.82, 2.24) is 9.88 Å². The zero-order valence-electron chi connectivity index (χ0n) is 9.29. The summed E-state index contributed by atoms with van der Waals surface area (Å²) in [5, 5.41) is 14.3. The highest BCUT2D eigenvalue weighted by Crippen LogP contribution is 2.24. The summed E-state index contributed by atoms with van der Waals surface area (Å²) in [6.07, 6.45) is 1.30. The molecule has 1 aliphatic rings. The predicted octanol–water partition coefficient (Wildman–Crippen LogP) is 1.51. The van der Waals surface area contributed by atoms with Gasteiger partial charge in [-0.15, -0.1) is 0 Å². The average Bonchev–Trinajstić information content (AvgIpc) is 2.79. The molecular formula is C9H14N4O2S2. The molecule has 0 spiro atoms. The normalized spacial score (nSPS) is 16.9. The number of hydrogen-bond donors (Lipinski definition) is 1. The van der Waals surface area contributed by atoms with Crippen molar-refractivity contribution < 1.29 is 4.92 Å². The van der Waals surface area contributed by atoms with Crippen LogP contribution < -0.4 is 5.32 Å². The van der Waals surface area contributed by atoms with Crippen molar-refractivity contribution in [2.75, 3.05) is 43.0 Å². The van der Waals surface area contributed by atoms with E-state index in [9.17, 15) is 10.1 Å². The number of anilines is 1. The second kappa shape index (κ2) is 6.18. The first kappa shape index (κ1) is 12.6. The van der Waals surface area contributed by atoms with Gasteiger partial charge in [-0.05, 0) is 11.3 Å². The fraction of sp³-hybridized carbons (Fsp3) is 0.667. The monoisotopic (exact) mass is 274 g/mol. The minimum absolute atomic E-state index is 0.0851. The van der Waals surface area contributed by atoms with Crippen LogP contribution in [0.5, 0.6) is 0 Å². The van der Waals surface area contributed by atoms with Gasteiger partial charge >= 0.3 is 5.00 Å². The Morgan fingerprint density at radius 1 is 1.53 bits per heavy atom. The summed E-state index contributed by atoms with van der Waals surface area (Å²) in [6.45, 7) is 4.01. The number of nitrogens with one attached hydrogen (secondary N) is 1. The molecule has 0 unspecified atom stereocenters. The van der Waals surface area contributed by atoms with E-state index in [-0.39, 0.29) is 5.00 Å². The van der Waals surface area contributed by atoms with Crippen LogP contribution in [0.4, 0.5) is 10.1 Å². The van der Waals surface area contributed by atoms with Crippen molar-refractivity contribution in [2.45, 2.75) is 0 Å². The maximum absolute atomic E-state index is 10.5. The van der Waals surface area contributed by atoms with Crippen LogP contribution in [0, 0.1) is 10.1 Å². The van der Waals surface area contributed by atoms with Crippen molar-refractivity contribution in [3.8, 4) is 0 Å². The molecule has 0 aliphatic carbocycles. The van der Waals surface area contributed by atoms with Gasteiger partial charge in [-0.25, -0.2) is 4.98 Å². The lowest BCUT2D eigenvalue weighted by Crippen LogP contribution is -2.36. The molecule has 1 aliphatic heterocycles. The first-order chi connectivity index (χ1) is 8.25. The Kier molecular flexibility index (Phi) is 4.57. The quantitative estimate of drug-likeness (QED) is 0.648. The van der Waals surface area contributed by atoms with Crippen LogP contribution in [0.15, 0.2) is 6.20 Å². The van der Waals surface area contributed by atoms with E-state index >= 15 is 0 Å². The first-order valence-corrected chi connectivity index (χ1v) is 7.37. The van der Waals surface area contributed by atoms with Gasteiger partial charge in [-0.2, -0.15) is 11.8 Å². The number of nitro groups is 1. The van der Waals surface area contributed by atoms with Gasteiger partial charge in [-0.3, -0.25) is 15.0 Å². The Bertz CT molecular complexity index is 379. The van der Waals surface area contributed by atoms with Gasteiger partial charge in [-0.1, -0.05) is 0 Å². The van der Waals surface area contributed by atoms with Gasteiger partial charge in [0.25, 0.3) is 0 Å². The molecule has 2 heterocycles. The summed E-state index contributed by atoms with van der Waals surface area (Å²) < 4.78 is 0. The summed E-state index contributed by atoms with van der Waals surface area (Å²) in [5.41, 5.74) is 0. The Morgan fingerprint density at radius 2 is 2.29 bits per heavy atom. The highest BCUT2D eigenvalue weighted by atomic mass is 32.2. The fourth-order valence-electron chi connectivity index (χ4n) is 1.58. The van der Waals surface area contributed by atoms with Crippen LogP contribution in [-0.4, -0.2) is 52.5 Å². The molecule has 0 saturated carbocycles. The van der Waals surface area contributed by atoms with Crippen LogP contribution in [0.3, 0.4) is 0 Å². The predicted molar refractivity (Wildman–Crippen MR) is 71.0 cm³/mol. The third-order valence-corrected chi connectivity index (χ3v) is 4.33. The van der Waals surface area contributed by atoms with E-state index in [1.54, 1.807) is 0 Å². The van der Waals surface area contributed by atoms with E-state index in [4.69, 9.17) is 0 Å². The average molecular weight is 274 g/mol. The Morgan fingerprint density at radius 3 is 2.94 bits per heavy atom. The number of thioether (sulfide) groups is 1. The van der Waals surface area contributed by atoms with Gasteiger partial charge in [0.1, 0.15) is 6.20 Å². The first-order valence-electron chi connectivity index (χ1n) is 5.40. The molecule has 0 bridgehead atoms. The molecule has 6 nitrogen and oxygen atoms in total. The van der Waals surface area contributed by atoms with Crippen LogP contribution in [0.2, 0.25) is 0 Å². The Hall–Kier alpha value is -0.860. The largest absolute Gasteiger partial charge is 0.360 e. The summed E-state index contributed by atoms with van der Waals surface area (Å²) >= 11 is 3.07. The summed E-state index contributed by atoms with van der Waals surface area (Å²) in [5.74, 6) is 2.39. The molecule has 1 aromatic rings. The summed E-state index contributed by atoms with van der Waals surface area (Å²) in [4.78, 5) is 16.4. The van der Waals surface area contributed by atoms with E-state index in [0.717, 1.165) is 37.5 Å². The Labute approximate surface area is 108 Å². The molecular weight excluding hydrogens is 260 g/mol. The maximum Gasteiger partial charge on any atom is 0.345 e. The van der Waals surface area contributed by atoms with Crippen molar-refractivity contribution in [1.29, 1.82) is 0 Å². The molecule has 17 heavy (non-hydrogen) atoms. The van der Waals surface area contributed by atoms with Crippen molar-refractivity contribution in [3.05, 3.63) is 16.3 Å².